The van der Waals surface area contributed by atoms with Gasteiger partial charge in [0.2, 0.25) is 0 Å². The van der Waals surface area contributed by atoms with E-state index in [4.69, 9.17) is 21.1 Å². The third kappa shape index (κ3) is 3.74. The molecule has 0 aliphatic carbocycles. The highest BCUT2D eigenvalue weighted by Crippen LogP contribution is 2.38. The maximum atomic E-state index is 10.2. The molecule has 0 bridgehead atoms. The van der Waals surface area contributed by atoms with E-state index in [0.717, 1.165) is 38.3 Å². The summed E-state index contributed by atoms with van der Waals surface area (Å²) < 4.78 is 11.2. The quantitative estimate of drug-likeness (QED) is 0.903. The molecule has 1 N–H and O–H groups in total. The maximum Gasteiger partial charge on any atom is 0.138 e. The van der Waals surface area contributed by atoms with Crippen molar-refractivity contribution in [1.82, 2.24) is 4.90 Å². The number of aryl methyl sites for hydroxylation is 1. The lowest BCUT2D eigenvalue weighted by molar-refractivity contribution is 0.0705. The summed E-state index contributed by atoms with van der Waals surface area (Å²) in [6, 6.07) is 5.66. The molecule has 122 valence electrons. The SMILES string of the molecule is Cc1ccc(Cl)c(OC[C@H](O)CN2CC[C@@]3(CCOC3)C2)c1. The van der Waals surface area contributed by atoms with Crippen LogP contribution in [0.5, 0.6) is 5.75 Å². The molecule has 2 heterocycles. The lowest BCUT2D eigenvalue weighted by Gasteiger charge is -2.24. The van der Waals surface area contributed by atoms with E-state index in [9.17, 15) is 5.11 Å². The molecule has 2 atom stereocenters. The zero-order chi connectivity index (χ0) is 15.6. The van der Waals surface area contributed by atoms with E-state index in [1.165, 1.54) is 6.42 Å². The van der Waals surface area contributed by atoms with Gasteiger partial charge in [-0.3, -0.25) is 4.90 Å². The molecular weight excluding hydrogens is 302 g/mol. The Balaban J connectivity index is 1.47. The molecule has 4 nitrogen and oxygen atoms in total. The average molecular weight is 326 g/mol. The standard InChI is InChI=1S/C17H24ClNO3/c1-13-2-3-15(18)16(8-13)22-10-14(20)9-19-6-4-17(11-19)5-7-21-12-17/h2-3,8,14,20H,4-7,9-12H2,1H3/t14-,17-/m1/s1. The zero-order valence-electron chi connectivity index (χ0n) is 13.1. The van der Waals surface area contributed by atoms with Crippen LogP contribution in [0.2, 0.25) is 5.02 Å². The summed E-state index contributed by atoms with van der Waals surface area (Å²) in [5, 5.41) is 10.8. The number of β-amino-alcohol motifs (C(OH)–C–C–N with tert-alkyl or cyclic N) is 1. The number of aliphatic hydroxyl groups is 1. The molecule has 2 aliphatic rings. The molecule has 0 amide bonds. The number of aliphatic hydroxyl groups excluding tert-OH is 1. The van der Waals surface area contributed by atoms with Crippen LogP contribution in [0.25, 0.3) is 0 Å². The van der Waals surface area contributed by atoms with Crippen LogP contribution < -0.4 is 4.74 Å². The summed E-state index contributed by atoms with van der Waals surface area (Å²) in [6.07, 6.45) is 1.81. The highest BCUT2D eigenvalue weighted by molar-refractivity contribution is 6.32. The summed E-state index contributed by atoms with van der Waals surface area (Å²) in [7, 11) is 0. The smallest absolute Gasteiger partial charge is 0.138 e. The zero-order valence-corrected chi connectivity index (χ0v) is 13.8. The summed E-state index contributed by atoms with van der Waals surface area (Å²) in [5.41, 5.74) is 1.43. The molecule has 2 aliphatic heterocycles. The number of benzene rings is 1. The van der Waals surface area contributed by atoms with E-state index >= 15 is 0 Å². The Hall–Kier alpha value is -0.810. The average Bonchev–Trinajstić information content (AvgIpc) is 3.10. The second kappa shape index (κ2) is 6.75. The molecular formula is C17H24ClNO3. The van der Waals surface area contributed by atoms with Crippen molar-refractivity contribution in [3.05, 3.63) is 28.8 Å². The Bertz CT molecular complexity index is 517. The number of likely N-dealkylation sites (tertiary alicyclic amines) is 1. The van der Waals surface area contributed by atoms with Gasteiger partial charge in [-0.2, -0.15) is 0 Å². The van der Waals surface area contributed by atoms with Crippen molar-refractivity contribution in [1.29, 1.82) is 0 Å². The van der Waals surface area contributed by atoms with E-state index in [1.54, 1.807) is 0 Å². The summed E-state index contributed by atoms with van der Waals surface area (Å²) in [6.45, 7) is 6.71. The predicted molar refractivity (Wildman–Crippen MR) is 86.6 cm³/mol. The second-order valence-corrected chi connectivity index (χ2v) is 7.09. The second-order valence-electron chi connectivity index (χ2n) is 6.69. The van der Waals surface area contributed by atoms with Crippen molar-refractivity contribution < 1.29 is 14.6 Å². The van der Waals surface area contributed by atoms with Crippen molar-refractivity contribution in [2.24, 2.45) is 5.41 Å². The van der Waals surface area contributed by atoms with Gasteiger partial charge in [0.25, 0.3) is 0 Å². The van der Waals surface area contributed by atoms with Crippen molar-refractivity contribution in [2.75, 3.05) is 39.5 Å². The first kappa shape index (κ1) is 16.1. The first-order valence-corrected chi connectivity index (χ1v) is 8.31. The van der Waals surface area contributed by atoms with Gasteiger partial charge in [0, 0.05) is 25.1 Å². The van der Waals surface area contributed by atoms with Gasteiger partial charge in [-0.1, -0.05) is 17.7 Å². The van der Waals surface area contributed by atoms with Crippen LogP contribution in [0.4, 0.5) is 0 Å². The number of hydrogen-bond donors (Lipinski definition) is 1. The number of nitrogens with zero attached hydrogens (tertiary/aromatic N) is 1. The van der Waals surface area contributed by atoms with Gasteiger partial charge in [0.15, 0.2) is 0 Å². The molecule has 0 radical (unpaired) electrons. The molecule has 0 aromatic heterocycles. The Morgan fingerprint density at radius 1 is 1.45 bits per heavy atom. The fourth-order valence-corrected chi connectivity index (χ4v) is 3.58. The largest absolute Gasteiger partial charge is 0.489 e. The highest BCUT2D eigenvalue weighted by Gasteiger charge is 2.41. The Morgan fingerprint density at radius 2 is 2.32 bits per heavy atom. The minimum Gasteiger partial charge on any atom is -0.489 e. The summed E-state index contributed by atoms with van der Waals surface area (Å²) in [4.78, 5) is 2.32. The molecule has 0 unspecified atom stereocenters. The molecule has 1 aromatic rings. The van der Waals surface area contributed by atoms with E-state index in [1.807, 2.05) is 25.1 Å². The normalized spacial score (nSPS) is 26.7. The fraction of sp³-hybridized carbons (Fsp3) is 0.647. The topological polar surface area (TPSA) is 41.9 Å². The van der Waals surface area contributed by atoms with Crippen molar-refractivity contribution >= 4 is 11.6 Å². The van der Waals surface area contributed by atoms with E-state index in [0.29, 0.717) is 22.7 Å². The molecule has 1 spiro atoms. The highest BCUT2D eigenvalue weighted by atomic mass is 35.5. The van der Waals surface area contributed by atoms with Gasteiger partial charge >= 0.3 is 0 Å². The molecule has 3 rings (SSSR count). The van der Waals surface area contributed by atoms with Crippen LogP contribution in [0, 0.1) is 12.3 Å². The van der Waals surface area contributed by atoms with E-state index < -0.39 is 6.10 Å². The predicted octanol–water partition coefficient (Wildman–Crippen LogP) is 2.50. The van der Waals surface area contributed by atoms with Gasteiger partial charge < -0.3 is 14.6 Å². The van der Waals surface area contributed by atoms with Crippen LogP contribution in [-0.4, -0.2) is 55.6 Å². The molecule has 0 saturated carbocycles. The minimum atomic E-state index is -0.506. The molecule has 1 aromatic carbocycles. The van der Waals surface area contributed by atoms with E-state index in [2.05, 4.69) is 4.90 Å². The van der Waals surface area contributed by atoms with Crippen LogP contribution in [-0.2, 0) is 4.74 Å². The third-order valence-electron chi connectivity index (χ3n) is 4.69. The Kier molecular flexibility index (Phi) is 4.93. The van der Waals surface area contributed by atoms with E-state index in [-0.39, 0.29) is 6.61 Å². The summed E-state index contributed by atoms with van der Waals surface area (Å²) >= 11 is 6.10. The monoisotopic (exact) mass is 325 g/mol. The lowest BCUT2D eigenvalue weighted by Crippen LogP contribution is -2.36. The first-order valence-electron chi connectivity index (χ1n) is 7.93. The Morgan fingerprint density at radius 3 is 3.09 bits per heavy atom. The minimum absolute atomic E-state index is 0.267. The van der Waals surface area contributed by atoms with Crippen molar-refractivity contribution in [2.45, 2.75) is 25.9 Å². The molecule has 5 heteroatoms. The maximum absolute atomic E-state index is 10.2. The fourth-order valence-electron chi connectivity index (χ4n) is 3.41. The molecule has 2 fully saturated rings. The van der Waals surface area contributed by atoms with Gasteiger partial charge in [-0.15, -0.1) is 0 Å². The van der Waals surface area contributed by atoms with Gasteiger partial charge in [-0.25, -0.2) is 0 Å². The van der Waals surface area contributed by atoms with Gasteiger partial charge in [0.05, 0.1) is 11.6 Å². The molecule has 22 heavy (non-hydrogen) atoms. The van der Waals surface area contributed by atoms with Crippen LogP contribution in [0.1, 0.15) is 18.4 Å². The van der Waals surface area contributed by atoms with Gasteiger partial charge in [-0.05, 0) is 44.0 Å². The van der Waals surface area contributed by atoms with Crippen molar-refractivity contribution in [3.63, 3.8) is 0 Å². The number of hydrogen-bond acceptors (Lipinski definition) is 4. The molecule has 2 saturated heterocycles. The van der Waals surface area contributed by atoms with Crippen molar-refractivity contribution in [3.8, 4) is 5.75 Å². The number of ether oxygens (including phenoxy) is 2. The number of rotatable bonds is 5. The third-order valence-corrected chi connectivity index (χ3v) is 5.00. The lowest BCUT2D eigenvalue weighted by atomic mass is 9.87. The van der Waals surface area contributed by atoms with Crippen LogP contribution in [0.3, 0.4) is 0 Å². The number of halogens is 1. The summed E-state index contributed by atoms with van der Waals surface area (Å²) in [5.74, 6) is 0.641. The van der Waals surface area contributed by atoms with Gasteiger partial charge in [0.1, 0.15) is 18.5 Å². The van der Waals surface area contributed by atoms with Crippen LogP contribution in [0.15, 0.2) is 18.2 Å². The first-order chi connectivity index (χ1) is 10.6. The Labute approximate surface area is 137 Å². The van der Waals surface area contributed by atoms with Crippen LogP contribution >= 0.6 is 11.6 Å².